The van der Waals surface area contributed by atoms with Crippen molar-refractivity contribution >= 4 is 17.9 Å². The number of ether oxygens (including phenoxy) is 3. The molecule has 392 valence electrons. The first-order chi connectivity index (χ1) is 34.5. The smallest absolute Gasteiger partial charge is 0.306 e. The Bertz CT molecular complexity index is 1580. The Kier molecular flexibility index (Phi) is 53.0. The van der Waals surface area contributed by atoms with Gasteiger partial charge in [0.1, 0.15) is 13.2 Å². The first kappa shape index (κ1) is 65.3. The number of unbranched alkanes of at least 4 members (excludes halogenated alkanes) is 19. The monoisotopic (exact) mass is 965 g/mol. The number of hydrogen-bond donors (Lipinski definition) is 0. The van der Waals surface area contributed by atoms with Gasteiger partial charge in [0.2, 0.25) is 0 Å². The third-order valence-corrected chi connectivity index (χ3v) is 11.2. The summed E-state index contributed by atoms with van der Waals surface area (Å²) in [5.74, 6) is -1.00. The lowest BCUT2D eigenvalue weighted by Crippen LogP contribution is -2.30. The minimum absolute atomic E-state index is 0.114. The summed E-state index contributed by atoms with van der Waals surface area (Å²) in [5, 5.41) is 0. The maximum Gasteiger partial charge on any atom is 0.306 e. The quantitative estimate of drug-likeness (QED) is 0.0199. The van der Waals surface area contributed by atoms with Gasteiger partial charge in [-0.1, -0.05) is 244 Å². The number of esters is 3. The van der Waals surface area contributed by atoms with Crippen LogP contribution < -0.4 is 0 Å². The predicted octanol–water partition coefficient (Wildman–Crippen LogP) is 18.8. The highest BCUT2D eigenvalue weighted by Crippen LogP contribution is 2.14. The molecule has 0 spiro atoms. The Labute approximate surface area is 429 Å². The molecular weight excluding hydrogens is 865 g/mol. The molecule has 0 N–H and O–H groups in total. The van der Waals surface area contributed by atoms with Gasteiger partial charge in [0.25, 0.3) is 0 Å². The first-order valence-corrected chi connectivity index (χ1v) is 27.9. The van der Waals surface area contributed by atoms with Gasteiger partial charge >= 0.3 is 17.9 Å². The van der Waals surface area contributed by atoms with E-state index in [1.54, 1.807) is 0 Å². The molecule has 0 saturated heterocycles. The van der Waals surface area contributed by atoms with Crippen LogP contribution in [0.5, 0.6) is 0 Å². The van der Waals surface area contributed by atoms with E-state index in [4.69, 9.17) is 14.2 Å². The molecule has 0 heterocycles. The minimum atomic E-state index is -0.823. The summed E-state index contributed by atoms with van der Waals surface area (Å²) in [5.41, 5.74) is 0. The van der Waals surface area contributed by atoms with E-state index in [2.05, 4.69) is 106 Å². The summed E-state index contributed by atoms with van der Waals surface area (Å²) < 4.78 is 16.8. The molecule has 0 bridgehead atoms. The minimum Gasteiger partial charge on any atom is -0.462 e. The fourth-order valence-electron chi connectivity index (χ4n) is 7.10. The maximum absolute atomic E-state index is 12.8. The zero-order valence-electron chi connectivity index (χ0n) is 44.7. The van der Waals surface area contributed by atoms with Crippen molar-refractivity contribution < 1.29 is 28.6 Å². The van der Waals surface area contributed by atoms with Crippen LogP contribution in [0.2, 0.25) is 0 Å². The number of allylic oxidation sites excluding steroid dienone is 24. The van der Waals surface area contributed by atoms with Gasteiger partial charge < -0.3 is 14.2 Å². The Hall–Kier alpha value is -4.71. The highest BCUT2D eigenvalue weighted by atomic mass is 16.6. The molecule has 0 fully saturated rings. The lowest BCUT2D eigenvalue weighted by atomic mass is 10.1. The van der Waals surface area contributed by atoms with E-state index in [1.807, 2.05) is 60.8 Å². The third-order valence-electron chi connectivity index (χ3n) is 11.2. The molecule has 0 aliphatic carbocycles. The van der Waals surface area contributed by atoms with Crippen molar-refractivity contribution in [2.24, 2.45) is 0 Å². The molecule has 1 atom stereocenters. The second-order valence-corrected chi connectivity index (χ2v) is 17.9. The van der Waals surface area contributed by atoms with Crippen molar-refractivity contribution in [3.8, 4) is 0 Å². The first-order valence-electron chi connectivity index (χ1n) is 27.9. The van der Waals surface area contributed by atoms with Gasteiger partial charge in [0, 0.05) is 19.3 Å². The zero-order chi connectivity index (χ0) is 50.7. The molecular formula is C64H100O6. The van der Waals surface area contributed by atoms with Crippen molar-refractivity contribution in [1.29, 1.82) is 0 Å². The molecule has 0 aromatic heterocycles. The van der Waals surface area contributed by atoms with E-state index in [9.17, 15) is 14.4 Å². The van der Waals surface area contributed by atoms with Crippen LogP contribution in [0.25, 0.3) is 0 Å². The largest absolute Gasteiger partial charge is 0.462 e. The predicted molar refractivity (Wildman–Crippen MR) is 302 cm³/mol. The van der Waals surface area contributed by atoms with Gasteiger partial charge in [0.05, 0.1) is 0 Å². The molecule has 0 aliphatic heterocycles. The van der Waals surface area contributed by atoms with Crippen molar-refractivity contribution in [3.05, 3.63) is 146 Å². The summed E-state index contributed by atoms with van der Waals surface area (Å²) >= 11 is 0. The van der Waals surface area contributed by atoms with E-state index >= 15 is 0 Å². The van der Waals surface area contributed by atoms with Gasteiger partial charge in [-0.3, -0.25) is 14.4 Å². The Morgan fingerprint density at radius 1 is 0.314 bits per heavy atom. The average Bonchev–Trinajstić information content (AvgIpc) is 3.36. The van der Waals surface area contributed by atoms with Gasteiger partial charge in [0.15, 0.2) is 6.10 Å². The molecule has 0 radical (unpaired) electrons. The van der Waals surface area contributed by atoms with Crippen LogP contribution in [0.3, 0.4) is 0 Å². The Balaban J connectivity index is 4.55. The molecule has 0 aromatic carbocycles. The highest BCUT2D eigenvalue weighted by Gasteiger charge is 2.19. The van der Waals surface area contributed by atoms with E-state index in [1.165, 1.54) is 77.0 Å². The fraction of sp³-hybridized carbons (Fsp3) is 0.578. The topological polar surface area (TPSA) is 78.9 Å². The van der Waals surface area contributed by atoms with Crippen molar-refractivity contribution in [1.82, 2.24) is 0 Å². The number of rotatable bonds is 48. The van der Waals surface area contributed by atoms with Gasteiger partial charge in [-0.25, -0.2) is 0 Å². The number of carbonyl (C=O) groups excluding carboxylic acids is 3. The molecule has 1 unspecified atom stereocenters. The second-order valence-electron chi connectivity index (χ2n) is 17.9. The lowest BCUT2D eigenvalue weighted by Gasteiger charge is -2.18. The van der Waals surface area contributed by atoms with Crippen LogP contribution >= 0.6 is 0 Å². The SMILES string of the molecule is CC\C=C/C=C\C=C/C=C\C=C\C=C/CCCCCC(=O)OC(COC(=O)CCCCC/C=C\C/C=C\C/C=C\C/C=C\CC)COC(=O)CCCCCCCCCCCC/C=C\C=C/CCCCC. The second kappa shape index (κ2) is 56.9. The summed E-state index contributed by atoms with van der Waals surface area (Å²) in [4.78, 5) is 38.1. The zero-order valence-corrected chi connectivity index (χ0v) is 44.7. The summed E-state index contributed by atoms with van der Waals surface area (Å²) in [6.07, 6.45) is 81.1. The maximum atomic E-state index is 12.8. The van der Waals surface area contributed by atoms with E-state index in [0.29, 0.717) is 19.3 Å². The summed E-state index contributed by atoms with van der Waals surface area (Å²) in [7, 11) is 0. The number of carbonyl (C=O) groups is 3. The molecule has 0 saturated carbocycles. The van der Waals surface area contributed by atoms with Gasteiger partial charge in [-0.15, -0.1) is 0 Å². The van der Waals surface area contributed by atoms with Crippen LogP contribution in [0.4, 0.5) is 0 Å². The van der Waals surface area contributed by atoms with Crippen molar-refractivity contribution in [2.45, 2.75) is 226 Å². The molecule has 6 heteroatoms. The van der Waals surface area contributed by atoms with Crippen LogP contribution in [0, 0.1) is 0 Å². The Morgan fingerprint density at radius 3 is 1.07 bits per heavy atom. The summed E-state index contributed by atoms with van der Waals surface area (Å²) in [6, 6.07) is 0. The van der Waals surface area contributed by atoms with Gasteiger partial charge in [-0.2, -0.15) is 0 Å². The van der Waals surface area contributed by atoms with Crippen LogP contribution in [0.1, 0.15) is 220 Å². The van der Waals surface area contributed by atoms with E-state index < -0.39 is 6.10 Å². The molecule has 70 heavy (non-hydrogen) atoms. The normalized spacial score (nSPS) is 13.2. The lowest BCUT2D eigenvalue weighted by molar-refractivity contribution is -0.167. The van der Waals surface area contributed by atoms with Crippen molar-refractivity contribution in [2.75, 3.05) is 13.2 Å². The molecule has 0 aliphatic rings. The average molecular weight is 965 g/mol. The summed E-state index contributed by atoms with van der Waals surface area (Å²) in [6.45, 7) is 6.27. The van der Waals surface area contributed by atoms with E-state index in [0.717, 1.165) is 96.3 Å². The van der Waals surface area contributed by atoms with Crippen LogP contribution in [0.15, 0.2) is 146 Å². The van der Waals surface area contributed by atoms with Crippen LogP contribution in [-0.4, -0.2) is 37.2 Å². The van der Waals surface area contributed by atoms with E-state index in [-0.39, 0.29) is 37.5 Å². The molecule has 6 nitrogen and oxygen atoms in total. The van der Waals surface area contributed by atoms with Crippen molar-refractivity contribution in [3.63, 3.8) is 0 Å². The third kappa shape index (κ3) is 54.2. The number of hydrogen-bond acceptors (Lipinski definition) is 6. The Morgan fingerprint density at radius 2 is 0.629 bits per heavy atom. The molecule has 0 rings (SSSR count). The standard InChI is InChI=1S/C64H100O6/c1-4-7-10-13-16-19-22-25-28-31-32-34-36-39-42-45-48-51-54-57-63(66)69-60-61(59-68-62(65)56-53-50-47-44-41-38-35-30-27-24-21-18-15-12-9-6-3)70-64(67)58-55-52-49-46-43-40-37-33-29-26-23-20-17-14-11-8-5-2/h8-9,11-12,14,16-23,25-27,29-30,33,37-38,40-41,43,61H,4-7,10,13,15,24,28,31-32,34-36,39,42,44-60H2,1-3H3/b11-8-,12-9-,17-14-,19-16-,21-18-,23-20-,25-22-,29-26-,30-27-,37-33+,41-38-,43-40-. The highest BCUT2D eigenvalue weighted by molar-refractivity contribution is 5.71. The van der Waals surface area contributed by atoms with Gasteiger partial charge in [-0.05, 0) is 103 Å². The fourth-order valence-corrected chi connectivity index (χ4v) is 7.10. The van der Waals surface area contributed by atoms with Crippen LogP contribution in [-0.2, 0) is 28.6 Å². The molecule has 0 amide bonds. The molecule has 0 aromatic rings.